The number of pyridine rings is 1. The molecular formula is C10H8ClF3N2O3. The van der Waals surface area contributed by atoms with Crippen molar-refractivity contribution in [3.63, 3.8) is 0 Å². The number of aromatic nitrogens is 1. The van der Waals surface area contributed by atoms with Crippen molar-refractivity contribution < 1.29 is 27.5 Å². The lowest BCUT2D eigenvalue weighted by Crippen LogP contribution is -2.36. The minimum Gasteiger partial charge on any atom is -0.452 e. The number of nitrogens with zero attached hydrogens (tertiary/aromatic N) is 1. The molecule has 5 nitrogen and oxygen atoms in total. The van der Waals surface area contributed by atoms with Gasteiger partial charge in [0.2, 0.25) is 0 Å². The van der Waals surface area contributed by atoms with E-state index >= 15 is 0 Å². The molecule has 1 heterocycles. The van der Waals surface area contributed by atoms with Gasteiger partial charge < -0.3 is 10.1 Å². The summed E-state index contributed by atoms with van der Waals surface area (Å²) in [6.07, 6.45) is -3.39. The molecule has 0 radical (unpaired) electrons. The van der Waals surface area contributed by atoms with E-state index in [-0.39, 0.29) is 10.7 Å². The second-order valence-electron chi connectivity index (χ2n) is 3.34. The molecule has 0 aromatic carbocycles. The highest BCUT2D eigenvalue weighted by Crippen LogP contribution is 2.12. The Hall–Kier alpha value is -1.83. The molecule has 1 amide bonds. The van der Waals surface area contributed by atoms with Crippen molar-refractivity contribution in [3.8, 4) is 0 Å². The summed E-state index contributed by atoms with van der Waals surface area (Å²) in [5.41, 5.74) is 0.0352. The van der Waals surface area contributed by atoms with Crippen LogP contribution in [0.3, 0.4) is 0 Å². The van der Waals surface area contributed by atoms with Crippen LogP contribution in [0, 0.1) is 0 Å². The highest BCUT2D eigenvalue weighted by atomic mass is 35.5. The molecule has 0 saturated heterocycles. The Bertz CT molecular complexity index is 462. The van der Waals surface area contributed by atoms with E-state index in [1.165, 1.54) is 12.1 Å². The first-order valence-electron chi connectivity index (χ1n) is 4.90. The molecule has 1 aromatic rings. The van der Waals surface area contributed by atoms with Crippen molar-refractivity contribution in [3.05, 3.63) is 29.0 Å². The number of esters is 1. The van der Waals surface area contributed by atoms with E-state index in [9.17, 15) is 22.8 Å². The first-order valence-corrected chi connectivity index (χ1v) is 5.28. The zero-order valence-corrected chi connectivity index (χ0v) is 10.1. The van der Waals surface area contributed by atoms with Gasteiger partial charge in [0.05, 0.1) is 5.56 Å². The van der Waals surface area contributed by atoms with Crippen LogP contribution in [-0.2, 0) is 9.53 Å². The third kappa shape index (κ3) is 6.05. The number of alkyl halides is 3. The summed E-state index contributed by atoms with van der Waals surface area (Å²) in [5, 5.41) is 1.73. The Morgan fingerprint density at radius 1 is 1.37 bits per heavy atom. The number of hydrogen-bond donors (Lipinski definition) is 1. The van der Waals surface area contributed by atoms with Crippen LogP contribution < -0.4 is 5.32 Å². The monoisotopic (exact) mass is 296 g/mol. The van der Waals surface area contributed by atoms with Gasteiger partial charge in [0, 0.05) is 6.20 Å². The summed E-state index contributed by atoms with van der Waals surface area (Å²) in [6.45, 7) is -2.29. The van der Waals surface area contributed by atoms with Crippen LogP contribution in [0.5, 0.6) is 0 Å². The van der Waals surface area contributed by atoms with E-state index in [1.807, 2.05) is 0 Å². The van der Waals surface area contributed by atoms with Crippen molar-refractivity contribution in [1.82, 2.24) is 10.3 Å². The normalized spacial score (nSPS) is 10.9. The molecule has 0 unspecified atom stereocenters. The highest BCUT2D eigenvalue weighted by molar-refractivity contribution is 6.29. The highest BCUT2D eigenvalue weighted by Gasteiger charge is 2.27. The van der Waals surface area contributed by atoms with Crippen LogP contribution >= 0.6 is 11.6 Å². The lowest BCUT2D eigenvalue weighted by Gasteiger charge is -2.08. The van der Waals surface area contributed by atoms with E-state index in [2.05, 4.69) is 9.72 Å². The van der Waals surface area contributed by atoms with Crippen molar-refractivity contribution in [2.24, 2.45) is 0 Å². The molecule has 1 N–H and O–H groups in total. The van der Waals surface area contributed by atoms with E-state index in [0.717, 1.165) is 6.20 Å². The van der Waals surface area contributed by atoms with E-state index < -0.39 is 31.2 Å². The van der Waals surface area contributed by atoms with Crippen LogP contribution in [0.1, 0.15) is 10.4 Å². The van der Waals surface area contributed by atoms with Crippen molar-refractivity contribution in [2.45, 2.75) is 6.18 Å². The molecular weight excluding hydrogens is 289 g/mol. The molecule has 0 spiro atoms. The van der Waals surface area contributed by atoms with Crippen LogP contribution in [0.15, 0.2) is 18.3 Å². The first-order chi connectivity index (χ1) is 8.78. The zero-order valence-electron chi connectivity index (χ0n) is 9.33. The molecule has 0 aliphatic heterocycles. The number of rotatable bonds is 4. The van der Waals surface area contributed by atoms with Crippen molar-refractivity contribution in [1.29, 1.82) is 0 Å². The molecule has 9 heteroatoms. The Labute approximate surface area is 110 Å². The molecule has 0 aliphatic rings. The van der Waals surface area contributed by atoms with Gasteiger partial charge >= 0.3 is 12.1 Å². The number of carbonyl (C=O) groups is 2. The molecule has 0 saturated carbocycles. The van der Waals surface area contributed by atoms with E-state index in [4.69, 9.17) is 11.6 Å². The number of ether oxygens (including phenoxy) is 1. The Balaban J connectivity index is 2.38. The number of hydrogen-bond acceptors (Lipinski definition) is 4. The summed E-state index contributed by atoms with van der Waals surface area (Å²) in [7, 11) is 0. The SMILES string of the molecule is O=C(COC(=O)c1ccc(Cl)nc1)NCC(F)(F)F. The summed E-state index contributed by atoms with van der Waals surface area (Å²) in [4.78, 5) is 25.9. The number of halogens is 4. The number of carbonyl (C=O) groups excluding carboxylic acids is 2. The predicted octanol–water partition coefficient (Wildman–Crippen LogP) is 1.57. The zero-order chi connectivity index (χ0) is 14.5. The summed E-state index contributed by atoms with van der Waals surface area (Å²) in [5.74, 6) is -1.93. The maximum Gasteiger partial charge on any atom is 0.405 e. The van der Waals surface area contributed by atoms with Crippen molar-refractivity contribution >= 4 is 23.5 Å². The maximum absolute atomic E-state index is 11.8. The Kier molecular flexibility index (Phi) is 5.11. The minimum atomic E-state index is -4.51. The first kappa shape index (κ1) is 15.2. The number of nitrogens with one attached hydrogen (secondary N) is 1. The lowest BCUT2D eigenvalue weighted by molar-refractivity contribution is -0.140. The molecule has 0 aliphatic carbocycles. The van der Waals surface area contributed by atoms with E-state index in [0.29, 0.717) is 0 Å². The number of amides is 1. The third-order valence-electron chi connectivity index (χ3n) is 1.78. The van der Waals surface area contributed by atoms with Gasteiger partial charge in [0.1, 0.15) is 11.7 Å². The van der Waals surface area contributed by atoms with E-state index in [1.54, 1.807) is 5.32 Å². The van der Waals surface area contributed by atoms with Crippen molar-refractivity contribution in [2.75, 3.05) is 13.2 Å². The quantitative estimate of drug-likeness (QED) is 0.676. The van der Waals surface area contributed by atoms with Crippen LogP contribution in [0.2, 0.25) is 5.15 Å². The molecule has 1 rings (SSSR count). The Morgan fingerprint density at radius 3 is 2.58 bits per heavy atom. The van der Waals surface area contributed by atoms with Gasteiger partial charge in [0.15, 0.2) is 6.61 Å². The van der Waals surface area contributed by atoms with Gasteiger partial charge in [-0.15, -0.1) is 0 Å². The fourth-order valence-electron chi connectivity index (χ4n) is 0.961. The Morgan fingerprint density at radius 2 is 2.05 bits per heavy atom. The smallest absolute Gasteiger partial charge is 0.405 e. The van der Waals surface area contributed by atoms with Crippen LogP contribution in [0.4, 0.5) is 13.2 Å². The largest absolute Gasteiger partial charge is 0.452 e. The molecule has 0 bridgehead atoms. The fourth-order valence-corrected chi connectivity index (χ4v) is 1.07. The average molecular weight is 297 g/mol. The van der Waals surface area contributed by atoms with Gasteiger partial charge in [-0.25, -0.2) is 9.78 Å². The minimum absolute atomic E-state index is 0.0352. The topological polar surface area (TPSA) is 68.3 Å². The standard InChI is InChI=1S/C10H8ClF3N2O3/c11-7-2-1-6(3-15-7)9(18)19-4-8(17)16-5-10(12,13)14/h1-3H,4-5H2,(H,16,17). The van der Waals surface area contributed by atoms with Gasteiger partial charge in [-0.05, 0) is 12.1 Å². The maximum atomic E-state index is 11.8. The van der Waals surface area contributed by atoms with Crippen LogP contribution in [0.25, 0.3) is 0 Å². The second kappa shape index (κ2) is 6.37. The predicted molar refractivity (Wildman–Crippen MR) is 58.6 cm³/mol. The third-order valence-corrected chi connectivity index (χ3v) is 2.01. The van der Waals surface area contributed by atoms with Gasteiger partial charge in [-0.3, -0.25) is 4.79 Å². The molecule has 104 valence electrons. The fraction of sp³-hybridized carbons (Fsp3) is 0.300. The van der Waals surface area contributed by atoms with Gasteiger partial charge in [0.25, 0.3) is 5.91 Å². The summed E-state index contributed by atoms with van der Waals surface area (Å²) in [6, 6.07) is 2.65. The van der Waals surface area contributed by atoms with Gasteiger partial charge in [-0.1, -0.05) is 11.6 Å². The molecule has 1 aromatic heterocycles. The molecule has 0 fully saturated rings. The average Bonchev–Trinajstić information content (AvgIpc) is 2.33. The summed E-state index contributed by atoms with van der Waals surface area (Å²) >= 11 is 5.49. The second-order valence-corrected chi connectivity index (χ2v) is 3.72. The molecule has 19 heavy (non-hydrogen) atoms. The summed E-state index contributed by atoms with van der Waals surface area (Å²) < 4.78 is 39.8. The van der Waals surface area contributed by atoms with Gasteiger partial charge in [-0.2, -0.15) is 13.2 Å². The lowest BCUT2D eigenvalue weighted by atomic mass is 10.3. The molecule has 0 atom stereocenters. The van der Waals surface area contributed by atoms with Crippen LogP contribution in [-0.4, -0.2) is 36.2 Å².